The molecule has 144 valence electrons. The molecular weight excluding hydrogens is 350 g/mol. The summed E-state index contributed by atoms with van der Waals surface area (Å²) in [5.74, 6) is 0.642. The highest BCUT2D eigenvalue weighted by molar-refractivity contribution is 6.07. The molecule has 5 heteroatoms. The number of aliphatic hydroxyl groups is 1. The van der Waals surface area contributed by atoms with E-state index in [4.69, 9.17) is 4.98 Å². The quantitative estimate of drug-likeness (QED) is 0.714. The molecule has 2 aromatic carbocycles. The van der Waals surface area contributed by atoms with E-state index >= 15 is 0 Å². The smallest absolute Gasteiger partial charge is 0.252 e. The molecule has 0 aliphatic carbocycles. The highest BCUT2D eigenvalue weighted by atomic mass is 16.3. The van der Waals surface area contributed by atoms with Crippen LogP contribution in [0.2, 0.25) is 0 Å². The molecule has 2 atom stereocenters. The van der Waals surface area contributed by atoms with E-state index in [2.05, 4.69) is 12.2 Å². The number of hydrogen-bond acceptors (Lipinski definition) is 4. The topological polar surface area (TPSA) is 65.5 Å². The van der Waals surface area contributed by atoms with Crippen molar-refractivity contribution in [2.75, 3.05) is 18.0 Å². The van der Waals surface area contributed by atoms with Gasteiger partial charge in [0, 0.05) is 18.5 Å². The van der Waals surface area contributed by atoms with Gasteiger partial charge in [-0.05, 0) is 30.5 Å². The number of hydrogen-bond donors (Lipinski definition) is 2. The summed E-state index contributed by atoms with van der Waals surface area (Å²) in [5.41, 5.74) is 2.51. The van der Waals surface area contributed by atoms with Crippen molar-refractivity contribution < 1.29 is 9.90 Å². The van der Waals surface area contributed by atoms with Gasteiger partial charge in [0.2, 0.25) is 0 Å². The predicted molar refractivity (Wildman–Crippen MR) is 112 cm³/mol. The Bertz CT molecular complexity index is 974. The van der Waals surface area contributed by atoms with Gasteiger partial charge in [0.25, 0.3) is 5.91 Å². The van der Waals surface area contributed by atoms with Crippen LogP contribution in [0.25, 0.3) is 10.9 Å². The Morgan fingerprint density at radius 3 is 2.68 bits per heavy atom. The van der Waals surface area contributed by atoms with Crippen LogP contribution >= 0.6 is 0 Å². The summed E-state index contributed by atoms with van der Waals surface area (Å²) in [6.45, 7) is 3.36. The number of β-amino-alcohol motifs (C(OH)–C–C–N with tert-alkyl or cyclic N) is 1. The number of pyridine rings is 1. The maximum absolute atomic E-state index is 13.2. The third-order valence-electron chi connectivity index (χ3n) is 5.35. The van der Waals surface area contributed by atoms with Crippen LogP contribution in [0.15, 0.2) is 60.7 Å². The molecule has 1 aliphatic rings. The number of anilines is 1. The van der Waals surface area contributed by atoms with Gasteiger partial charge in [-0.3, -0.25) is 4.79 Å². The SMILES string of the molecule is CCC(NC(=O)c1cc(N2CCC(O)C2)nc2ccccc12)c1ccccc1. The van der Waals surface area contributed by atoms with Gasteiger partial charge < -0.3 is 15.3 Å². The summed E-state index contributed by atoms with van der Waals surface area (Å²) >= 11 is 0. The average molecular weight is 375 g/mol. The van der Waals surface area contributed by atoms with Gasteiger partial charge in [0.15, 0.2) is 0 Å². The van der Waals surface area contributed by atoms with Gasteiger partial charge >= 0.3 is 0 Å². The minimum absolute atomic E-state index is 0.0438. The fourth-order valence-corrected chi connectivity index (χ4v) is 3.80. The van der Waals surface area contributed by atoms with E-state index < -0.39 is 0 Å². The van der Waals surface area contributed by atoms with Crippen LogP contribution in [0.5, 0.6) is 0 Å². The number of benzene rings is 2. The van der Waals surface area contributed by atoms with E-state index in [9.17, 15) is 9.90 Å². The molecule has 0 spiro atoms. The van der Waals surface area contributed by atoms with Crippen LogP contribution in [0.1, 0.15) is 41.7 Å². The molecule has 2 unspecified atom stereocenters. The molecule has 2 N–H and O–H groups in total. The maximum atomic E-state index is 13.2. The maximum Gasteiger partial charge on any atom is 0.252 e. The molecule has 0 bridgehead atoms. The lowest BCUT2D eigenvalue weighted by atomic mass is 10.0. The number of carbonyl (C=O) groups excluding carboxylic acids is 1. The van der Waals surface area contributed by atoms with Gasteiger partial charge in [0.1, 0.15) is 5.82 Å². The number of fused-ring (bicyclic) bond motifs is 1. The van der Waals surface area contributed by atoms with Crippen molar-refractivity contribution in [3.8, 4) is 0 Å². The van der Waals surface area contributed by atoms with Crippen LogP contribution in [0.4, 0.5) is 5.82 Å². The first-order chi connectivity index (χ1) is 13.7. The molecule has 3 aromatic rings. The molecule has 28 heavy (non-hydrogen) atoms. The second-order valence-electron chi connectivity index (χ2n) is 7.28. The lowest BCUT2D eigenvalue weighted by Gasteiger charge is -2.21. The summed E-state index contributed by atoms with van der Waals surface area (Å²) in [4.78, 5) is 20.0. The molecule has 4 rings (SSSR count). The monoisotopic (exact) mass is 375 g/mol. The van der Waals surface area contributed by atoms with Crippen LogP contribution in [-0.4, -0.2) is 35.2 Å². The molecule has 1 fully saturated rings. The summed E-state index contributed by atoms with van der Waals surface area (Å²) in [6, 6.07) is 19.6. The molecule has 1 amide bonds. The molecular formula is C23H25N3O2. The van der Waals surface area contributed by atoms with Crippen molar-refractivity contribution >= 4 is 22.6 Å². The number of aromatic nitrogens is 1. The van der Waals surface area contributed by atoms with E-state index in [0.717, 1.165) is 41.7 Å². The van der Waals surface area contributed by atoms with E-state index in [1.165, 1.54) is 0 Å². The first-order valence-electron chi connectivity index (χ1n) is 9.84. The van der Waals surface area contributed by atoms with E-state index in [0.29, 0.717) is 12.1 Å². The third-order valence-corrected chi connectivity index (χ3v) is 5.35. The molecule has 2 heterocycles. The third kappa shape index (κ3) is 3.71. The minimum atomic E-state index is -0.340. The van der Waals surface area contributed by atoms with Gasteiger partial charge in [-0.2, -0.15) is 0 Å². The Kier molecular flexibility index (Phi) is 5.26. The zero-order chi connectivity index (χ0) is 19.5. The summed E-state index contributed by atoms with van der Waals surface area (Å²) in [5, 5.41) is 13.9. The van der Waals surface area contributed by atoms with E-state index in [-0.39, 0.29) is 18.1 Å². The number of amides is 1. The number of carbonyl (C=O) groups is 1. The highest BCUT2D eigenvalue weighted by Gasteiger charge is 2.24. The van der Waals surface area contributed by atoms with Crippen LogP contribution in [-0.2, 0) is 0 Å². The van der Waals surface area contributed by atoms with Crippen molar-refractivity contribution in [3.63, 3.8) is 0 Å². The summed E-state index contributed by atoms with van der Waals surface area (Å²) in [7, 11) is 0. The Balaban J connectivity index is 1.69. The van der Waals surface area contributed by atoms with Crippen molar-refractivity contribution in [2.24, 2.45) is 0 Å². The number of nitrogens with zero attached hydrogens (tertiary/aromatic N) is 2. The first kappa shape index (κ1) is 18.4. The Morgan fingerprint density at radius 2 is 1.96 bits per heavy atom. The number of aliphatic hydroxyl groups excluding tert-OH is 1. The lowest BCUT2D eigenvalue weighted by Crippen LogP contribution is -2.29. The van der Waals surface area contributed by atoms with Crippen LogP contribution < -0.4 is 10.2 Å². The molecule has 1 aliphatic heterocycles. The fourth-order valence-electron chi connectivity index (χ4n) is 3.80. The zero-order valence-corrected chi connectivity index (χ0v) is 16.0. The summed E-state index contributed by atoms with van der Waals surface area (Å²) in [6.07, 6.45) is 1.19. The second kappa shape index (κ2) is 7.98. The normalized spacial score (nSPS) is 17.6. The first-order valence-corrected chi connectivity index (χ1v) is 9.84. The van der Waals surface area contributed by atoms with Crippen molar-refractivity contribution in [1.82, 2.24) is 10.3 Å². The Hall–Kier alpha value is -2.92. The second-order valence-corrected chi connectivity index (χ2v) is 7.28. The van der Waals surface area contributed by atoms with E-state index in [1.807, 2.05) is 65.6 Å². The fraction of sp³-hybridized carbons (Fsp3) is 0.304. The summed E-state index contributed by atoms with van der Waals surface area (Å²) < 4.78 is 0. The predicted octanol–water partition coefficient (Wildman–Crippen LogP) is 3.69. The minimum Gasteiger partial charge on any atom is -0.391 e. The standard InChI is InChI=1S/C23H25N3O2/c1-2-20(16-8-4-3-5-9-16)25-23(28)19-14-22(26-13-12-17(27)15-26)24-21-11-7-6-10-18(19)21/h3-11,14,17,20,27H,2,12-13,15H2,1H3,(H,25,28). The Labute approximate surface area is 165 Å². The van der Waals surface area contributed by atoms with Crippen molar-refractivity contribution in [1.29, 1.82) is 0 Å². The average Bonchev–Trinajstić information content (AvgIpc) is 3.18. The van der Waals surface area contributed by atoms with Gasteiger partial charge in [-0.25, -0.2) is 4.98 Å². The van der Waals surface area contributed by atoms with Crippen molar-refractivity contribution in [2.45, 2.75) is 31.9 Å². The zero-order valence-electron chi connectivity index (χ0n) is 16.0. The Morgan fingerprint density at radius 1 is 1.21 bits per heavy atom. The largest absolute Gasteiger partial charge is 0.391 e. The van der Waals surface area contributed by atoms with Gasteiger partial charge in [-0.1, -0.05) is 55.5 Å². The molecule has 0 saturated carbocycles. The van der Waals surface area contributed by atoms with Crippen molar-refractivity contribution in [3.05, 3.63) is 71.8 Å². The van der Waals surface area contributed by atoms with Crippen LogP contribution in [0.3, 0.4) is 0 Å². The number of para-hydroxylation sites is 1. The number of nitrogens with one attached hydrogen (secondary N) is 1. The molecule has 0 radical (unpaired) electrons. The molecule has 5 nitrogen and oxygen atoms in total. The highest BCUT2D eigenvalue weighted by Crippen LogP contribution is 2.26. The van der Waals surface area contributed by atoms with Crippen LogP contribution in [0, 0.1) is 0 Å². The lowest BCUT2D eigenvalue weighted by molar-refractivity contribution is 0.0937. The number of rotatable bonds is 5. The molecule has 1 saturated heterocycles. The molecule has 1 aromatic heterocycles. The van der Waals surface area contributed by atoms with E-state index in [1.54, 1.807) is 0 Å². The van der Waals surface area contributed by atoms with Gasteiger partial charge in [-0.15, -0.1) is 0 Å². The van der Waals surface area contributed by atoms with Gasteiger partial charge in [0.05, 0.1) is 23.2 Å².